The van der Waals surface area contributed by atoms with Gasteiger partial charge in [-0.15, -0.1) is 0 Å². The van der Waals surface area contributed by atoms with Crippen molar-refractivity contribution in [3.8, 4) is 0 Å². The molecule has 1 atom stereocenters. The first-order valence-electron chi connectivity index (χ1n) is 3.16. The van der Waals surface area contributed by atoms with Gasteiger partial charge in [0.05, 0.1) is 0 Å². The topological polar surface area (TPSA) is 118 Å². The van der Waals surface area contributed by atoms with Gasteiger partial charge in [0.25, 0.3) is 5.78 Å². The summed E-state index contributed by atoms with van der Waals surface area (Å²) in [5, 5.41) is 16.6. The van der Waals surface area contributed by atoms with Gasteiger partial charge in [-0.3, -0.25) is 4.79 Å². The average molecular weight is 175 g/mol. The van der Waals surface area contributed by atoms with Crippen molar-refractivity contribution in [3.63, 3.8) is 0 Å². The van der Waals surface area contributed by atoms with Crippen LogP contribution in [0.5, 0.6) is 0 Å². The highest BCUT2D eigenvalue weighted by Crippen LogP contribution is 2.08. The molecule has 6 heteroatoms. The number of hydrogen-bond donors (Lipinski definition) is 3. The quantitative estimate of drug-likeness (QED) is 0.366. The highest BCUT2D eigenvalue weighted by Gasteiger charge is 2.44. The van der Waals surface area contributed by atoms with E-state index in [2.05, 4.69) is 0 Å². The maximum absolute atomic E-state index is 10.7. The van der Waals surface area contributed by atoms with E-state index in [1.807, 2.05) is 0 Å². The maximum Gasteiger partial charge on any atom is 0.374 e. The van der Waals surface area contributed by atoms with Gasteiger partial charge in [-0.1, -0.05) is 6.92 Å². The van der Waals surface area contributed by atoms with Gasteiger partial charge in [0, 0.05) is 0 Å². The van der Waals surface area contributed by atoms with E-state index >= 15 is 0 Å². The molecule has 0 aromatic carbocycles. The van der Waals surface area contributed by atoms with Gasteiger partial charge in [-0.2, -0.15) is 0 Å². The first kappa shape index (κ1) is 10.6. The summed E-state index contributed by atoms with van der Waals surface area (Å²) in [6, 6.07) is 0. The summed E-state index contributed by atoms with van der Waals surface area (Å²) >= 11 is 0. The smallest absolute Gasteiger partial charge is 0.374 e. The number of Topliss-reactive ketones (excluding diaryl/α,β-unsaturated/α-hetero) is 1. The molecule has 0 spiro atoms. The summed E-state index contributed by atoms with van der Waals surface area (Å²) in [4.78, 5) is 31.2. The predicted octanol–water partition coefficient (Wildman–Crippen LogP) is -1.17. The van der Waals surface area contributed by atoms with Gasteiger partial charge in [0.2, 0.25) is 0 Å². The molecule has 0 aliphatic carbocycles. The van der Waals surface area contributed by atoms with Gasteiger partial charge >= 0.3 is 11.9 Å². The van der Waals surface area contributed by atoms with Gasteiger partial charge in [0.1, 0.15) is 0 Å². The van der Waals surface area contributed by atoms with Crippen molar-refractivity contribution < 1.29 is 24.6 Å². The molecule has 6 nitrogen and oxygen atoms in total. The van der Waals surface area contributed by atoms with Crippen LogP contribution in [0.3, 0.4) is 0 Å². The summed E-state index contributed by atoms with van der Waals surface area (Å²) in [6.07, 6.45) is -0.256. The lowest BCUT2D eigenvalue weighted by Crippen LogP contribution is -2.57. The van der Waals surface area contributed by atoms with Crippen LogP contribution < -0.4 is 5.73 Å². The third-order valence-electron chi connectivity index (χ3n) is 1.54. The molecule has 0 fully saturated rings. The third kappa shape index (κ3) is 1.59. The monoisotopic (exact) mass is 175 g/mol. The Morgan fingerprint density at radius 1 is 1.33 bits per heavy atom. The number of carboxylic acid groups (broad SMARTS) is 2. The van der Waals surface area contributed by atoms with Gasteiger partial charge < -0.3 is 15.9 Å². The van der Waals surface area contributed by atoms with Gasteiger partial charge in [0.15, 0.2) is 5.54 Å². The number of nitrogens with two attached hydrogens (primary N) is 1. The van der Waals surface area contributed by atoms with Crippen molar-refractivity contribution in [1.29, 1.82) is 0 Å². The molecule has 0 aromatic heterocycles. The lowest BCUT2D eigenvalue weighted by molar-refractivity contribution is -0.158. The lowest BCUT2D eigenvalue weighted by Gasteiger charge is -2.17. The molecule has 0 saturated heterocycles. The molecule has 0 aliphatic heterocycles. The number of rotatable bonds is 4. The second-order valence-electron chi connectivity index (χ2n) is 2.26. The van der Waals surface area contributed by atoms with Gasteiger partial charge in [-0.25, -0.2) is 9.59 Å². The van der Waals surface area contributed by atoms with E-state index < -0.39 is 23.3 Å². The molecule has 0 aliphatic rings. The van der Waals surface area contributed by atoms with Crippen LogP contribution in [-0.2, 0) is 14.4 Å². The minimum Gasteiger partial charge on any atom is -0.480 e. The Labute approximate surface area is 68.0 Å². The van der Waals surface area contributed by atoms with Crippen molar-refractivity contribution in [2.45, 2.75) is 18.9 Å². The van der Waals surface area contributed by atoms with Crippen LogP contribution in [0.4, 0.5) is 0 Å². The van der Waals surface area contributed by atoms with Crippen molar-refractivity contribution in [1.82, 2.24) is 0 Å². The van der Waals surface area contributed by atoms with Crippen molar-refractivity contribution in [2.24, 2.45) is 5.73 Å². The lowest BCUT2D eigenvalue weighted by atomic mass is 9.92. The van der Waals surface area contributed by atoms with Crippen LogP contribution in [0.2, 0.25) is 0 Å². The minimum absolute atomic E-state index is 0.256. The molecule has 0 radical (unpaired) electrons. The highest BCUT2D eigenvalue weighted by molar-refractivity contribution is 6.41. The fraction of sp³-hybridized carbons (Fsp3) is 0.500. The summed E-state index contributed by atoms with van der Waals surface area (Å²) in [6.45, 7) is 1.33. The SMILES string of the molecule is CCC(N)(C(=O)O)C(=O)C(=O)O. The predicted molar refractivity (Wildman–Crippen MR) is 37.5 cm³/mol. The average Bonchev–Trinajstić information content (AvgIpc) is 2.01. The Bertz CT molecular complexity index is 236. The zero-order chi connectivity index (χ0) is 9.94. The molecule has 0 saturated carbocycles. The van der Waals surface area contributed by atoms with Crippen LogP contribution >= 0.6 is 0 Å². The van der Waals surface area contributed by atoms with E-state index in [0.29, 0.717) is 0 Å². The number of carbonyl (C=O) groups is 3. The highest BCUT2D eigenvalue weighted by atomic mass is 16.4. The third-order valence-corrected chi connectivity index (χ3v) is 1.54. The Hall–Kier alpha value is -1.43. The van der Waals surface area contributed by atoms with Crippen molar-refractivity contribution >= 4 is 17.7 Å². The van der Waals surface area contributed by atoms with E-state index in [1.165, 1.54) is 6.92 Å². The van der Waals surface area contributed by atoms with Crippen LogP contribution in [0.1, 0.15) is 13.3 Å². The number of carboxylic acids is 2. The summed E-state index contributed by atoms with van der Waals surface area (Å²) in [7, 11) is 0. The Morgan fingerprint density at radius 3 is 1.83 bits per heavy atom. The first-order valence-corrected chi connectivity index (χ1v) is 3.16. The number of carbonyl (C=O) groups excluding carboxylic acids is 1. The zero-order valence-corrected chi connectivity index (χ0v) is 6.40. The Morgan fingerprint density at radius 2 is 1.75 bits per heavy atom. The number of hydrogen-bond acceptors (Lipinski definition) is 4. The van der Waals surface area contributed by atoms with Crippen molar-refractivity contribution in [3.05, 3.63) is 0 Å². The van der Waals surface area contributed by atoms with Crippen LogP contribution in [0, 0.1) is 0 Å². The molecule has 1 unspecified atom stereocenters. The minimum atomic E-state index is -2.30. The zero-order valence-electron chi connectivity index (χ0n) is 6.40. The van der Waals surface area contributed by atoms with E-state index in [1.54, 1.807) is 0 Å². The largest absolute Gasteiger partial charge is 0.480 e. The standard InChI is InChI=1S/C6H9NO5/c1-2-6(7,5(11)12)3(8)4(9)10/h2,7H2,1H3,(H,9,10)(H,11,12). The Balaban J connectivity index is 4.89. The van der Waals surface area contributed by atoms with E-state index in [4.69, 9.17) is 15.9 Å². The van der Waals surface area contributed by atoms with Crippen LogP contribution in [0.15, 0.2) is 0 Å². The fourth-order valence-electron chi connectivity index (χ4n) is 0.600. The Kier molecular flexibility index (Phi) is 2.92. The van der Waals surface area contributed by atoms with E-state index in [0.717, 1.165) is 0 Å². The normalized spacial score (nSPS) is 14.8. The molecule has 0 aromatic rings. The summed E-state index contributed by atoms with van der Waals surface area (Å²) < 4.78 is 0. The molecule has 68 valence electrons. The van der Waals surface area contributed by atoms with Gasteiger partial charge in [-0.05, 0) is 6.42 Å². The molecule has 12 heavy (non-hydrogen) atoms. The van der Waals surface area contributed by atoms with Crippen LogP contribution in [-0.4, -0.2) is 33.5 Å². The molecule has 0 bridgehead atoms. The molecule has 0 amide bonds. The van der Waals surface area contributed by atoms with E-state index in [-0.39, 0.29) is 6.42 Å². The maximum atomic E-state index is 10.7. The van der Waals surface area contributed by atoms with E-state index in [9.17, 15) is 14.4 Å². The van der Waals surface area contributed by atoms with Crippen LogP contribution in [0.25, 0.3) is 0 Å². The second kappa shape index (κ2) is 3.31. The molecular formula is C6H9NO5. The molecule has 4 N–H and O–H groups in total. The fourth-order valence-corrected chi connectivity index (χ4v) is 0.600. The summed E-state index contributed by atoms with van der Waals surface area (Å²) in [5.74, 6) is -4.96. The van der Waals surface area contributed by atoms with Crippen molar-refractivity contribution in [2.75, 3.05) is 0 Å². The molecule has 0 heterocycles. The second-order valence-corrected chi connectivity index (χ2v) is 2.26. The molecular weight excluding hydrogens is 166 g/mol. The number of aliphatic carboxylic acids is 2. The first-order chi connectivity index (χ1) is 5.36. The molecule has 0 rings (SSSR count). The number of ketones is 1. The summed E-state index contributed by atoms with van der Waals surface area (Å²) in [5.41, 5.74) is 2.75.